The fourth-order valence-electron chi connectivity index (χ4n) is 4.24. The smallest absolute Gasteiger partial charge is 0.446 e. The van der Waals surface area contributed by atoms with Gasteiger partial charge in [0.2, 0.25) is 0 Å². The predicted octanol–water partition coefficient (Wildman–Crippen LogP) is 4.06. The molecular weight excluding hydrogens is 392 g/mol. The number of anilines is 1. The van der Waals surface area contributed by atoms with Gasteiger partial charge in [0.15, 0.2) is 0 Å². The van der Waals surface area contributed by atoms with Gasteiger partial charge in [-0.25, -0.2) is 5.48 Å². The summed E-state index contributed by atoms with van der Waals surface area (Å²) in [5, 5.41) is 18.7. The molecule has 0 aliphatic carbocycles. The summed E-state index contributed by atoms with van der Waals surface area (Å²) in [6, 6.07) is 14.2. The van der Waals surface area contributed by atoms with E-state index in [0.29, 0.717) is 17.9 Å². The van der Waals surface area contributed by atoms with Gasteiger partial charge in [-0.3, -0.25) is 10.0 Å². The number of nitrogens with zero attached hydrogens (tertiary/aromatic N) is 1. The van der Waals surface area contributed by atoms with Crippen LogP contribution >= 0.6 is 0 Å². The van der Waals surface area contributed by atoms with Crippen molar-refractivity contribution in [3.8, 4) is 0 Å². The number of benzene rings is 2. The van der Waals surface area contributed by atoms with Gasteiger partial charge in [-0.2, -0.15) is 0 Å². The second kappa shape index (κ2) is 10.9. The number of allylic oxidation sites excluding steroid dienone is 1. The summed E-state index contributed by atoms with van der Waals surface area (Å²) in [6.07, 6.45) is 6.51. The van der Waals surface area contributed by atoms with E-state index in [2.05, 4.69) is 40.8 Å². The van der Waals surface area contributed by atoms with Crippen LogP contribution in [0.2, 0.25) is 0 Å². The van der Waals surface area contributed by atoms with Crippen LogP contribution in [0, 0.1) is 12.8 Å². The van der Waals surface area contributed by atoms with Gasteiger partial charge in [-0.05, 0) is 67.3 Å². The Bertz CT molecular complexity index is 917. The fourth-order valence-corrected chi connectivity index (χ4v) is 4.24. The number of amides is 1. The maximum atomic E-state index is 12.3. The van der Waals surface area contributed by atoms with Crippen molar-refractivity contribution in [3.63, 3.8) is 0 Å². The summed E-state index contributed by atoms with van der Waals surface area (Å²) in [5.74, 6) is 0.119. The van der Waals surface area contributed by atoms with E-state index >= 15 is 0 Å². The van der Waals surface area contributed by atoms with E-state index in [1.54, 1.807) is 17.6 Å². The second-order valence-electron chi connectivity index (χ2n) is 8.18. The molecule has 1 fully saturated rings. The number of carbonyl (C=O) groups is 1. The second-order valence-corrected chi connectivity index (χ2v) is 8.18. The van der Waals surface area contributed by atoms with E-state index in [9.17, 15) is 15.1 Å². The molecule has 0 bridgehead atoms. The number of aryl methyl sites for hydroxylation is 2. The molecule has 4 N–H and O–H groups in total. The Morgan fingerprint density at radius 1 is 1.23 bits per heavy atom. The molecule has 1 saturated heterocycles. The molecule has 6 nitrogen and oxygen atoms in total. The third-order valence-corrected chi connectivity index (χ3v) is 6.19. The number of carbonyl (C=O) groups excluding carboxylic acids is 1. The van der Waals surface area contributed by atoms with Gasteiger partial charge in [0.25, 0.3) is 5.91 Å². The van der Waals surface area contributed by atoms with Crippen LogP contribution in [0.1, 0.15) is 46.3 Å². The number of hydroxylamine groups is 1. The van der Waals surface area contributed by atoms with Gasteiger partial charge < -0.3 is 14.7 Å². The minimum Gasteiger partial charge on any atom is -0.559 e. The lowest BCUT2D eigenvalue weighted by atomic mass is 9.89. The first-order chi connectivity index (χ1) is 15.0. The molecule has 0 saturated carbocycles. The van der Waals surface area contributed by atoms with Gasteiger partial charge in [-0.15, -0.1) is 0 Å². The number of hydrogen-bond donors (Lipinski definition) is 3. The Labute approximate surface area is 184 Å². The van der Waals surface area contributed by atoms with E-state index in [1.807, 2.05) is 12.1 Å². The van der Waals surface area contributed by atoms with E-state index < -0.39 is 5.91 Å². The largest absolute Gasteiger partial charge is 0.559 e. The molecule has 1 aliphatic rings. The Morgan fingerprint density at radius 3 is 2.65 bits per heavy atom. The molecule has 6 heteroatoms. The number of piperidine rings is 1. The SMILES string of the molecule is C[OH+]/C(O)=C\Cc1ccc(N2CCC(CCc3ccccc3C)CC2)c(C(=O)NO)c1. The lowest BCUT2D eigenvalue weighted by molar-refractivity contribution is -0.00387. The molecule has 0 unspecified atom stereocenters. The Morgan fingerprint density at radius 2 is 1.97 bits per heavy atom. The van der Waals surface area contributed by atoms with Crippen LogP contribution < -0.4 is 10.4 Å². The monoisotopic (exact) mass is 425 g/mol. The molecule has 166 valence electrons. The van der Waals surface area contributed by atoms with Crippen LogP contribution in [0.4, 0.5) is 5.69 Å². The minimum absolute atomic E-state index is 0.0370. The third kappa shape index (κ3) is 6.01. The van der Waals surface area contributed by atoms with E-state index in [-0.39, 0.29) is 5.95 Å². The average molecular weight is 426 g/mol. The molecule has 0 radical (unpaired) electrons. The van der Waals surface area contributed by atoms with Crippen molar-refractivity contribution < 1.29 is 19.8 Å². The van der Waals surface area contributed by atoms with Gasteiger partial charge in [0.05, 0.1) is 11.6 Å². The highest BCUT2D eigenvalue weighted by Crippen LogP contribution is 2.30. The highest BCUT2D eigenvalue weighted by atomic mass is 16.6. The molecule has 0 atom stereocenters. The van der Waals surface area contributed by atoms with Crippen LogP contribution in [-0.2, 0) is 12.8 Å². The Hall–Kier alpha value is -2.99. The normalized spacial score (nSPS) is 15.1. The number of rotatable bonds is 8. The van der Waals surface area contributed by atoms with Crippen LogP contribution in [0.5, 0.6) is 0 Å². The molecule has 1 heterocycles. The molecular formula is C25H33N2O4+. The van der Waals surface area contributed by atoms with Crippen molar-refractivity contribution in [2.45, 2.75) is 39.0 Å². The maximum Gasteiger partial charge on any atom is 0.446 e. The standard InChI is InChI=1S/C25H32N2O4/c1-18-5-3-4-6-21(18)10-7-19-13-15-27(16-14-19)23-11-8-20(9-12-24(28)31-2)17-22(23)25(29)26-30/h3-6,8,11-12,17,19,28,30H,7,9-10,13-16H2,1-2H3,(H,26,29)/p+1/b24-12-. The summed E-state index contributed by atoms with van der Waals surface area (Å²) in [6.45, 7) is 3.95. The fraction of sp³-hybridized carbons (Fsp3) is 0.400. The molecule has 31 heavy (non-hydrogen) atoms. The zero-order valence-corrected chi connectivity index (χ0v) is 18.3. The van der Waals surface area contributed by atoms with Crippen molar-refractivity contribution in [1.29, 1.82) is 0 Å². The number of aliphatic hydroxyl groups is 3. The van der Waals surface area contributed by atoms with Crippen LogP contribution in [0.15, 0.2) is 54.5 Å². The summed E-state index contributed by atoms with van der Waals surface area (Å²) in [4.78, 5) is 14.5. The molecule has 3 rings (SSSR count). The lowest BCUT2D eigenvalue weighted by Gasteiger charge is -2.34. The molecule has 2 aromatic carbocycles. The Balaban J connectivity index is 1.64. The predicted molar refractivity (Wildman–Crippen MR) is 123 cm³/mol. The molecule has 1 amide bonds. The van der Waals surface area contributed by atoms with Gasteiger partial charge >= 0.3 is 5.95 Å². The summed E-state index contributed by atoms with van der Waals surface area (Å²) < 4.78 is 3.70. The zero-order chi connectivity index (χ0) is 22.2. The molecule has 2 aromatic rings. The van der Waals surface area contributed by atoms with Crippen LogP contribution in [-0.4, -0.2) is 41.2 Å². The number of nitrogens with one attached hydrogen (secondary N) is 1. The summed E-state index contributed by atoms with van der Waals surface area (Å²) in [5.41, 5.74) is 6.70. The zero-order valence-electron chi connectivity index (χ0n) is 18.3. The first-order valence-corrected chi connectivity index (χ1v) is 10.9. The van der Waals surface area contributed by atoms with E-state index in [0.717, 1.165) is 43.6 Å². The highest BCUT2D eigenvalue weighted by molar-refractivity contribution is 5.99. The maximum absolute atomic E-state index is 12.3. The molecule has 1 aliphatic heterocycles. The average Bonchev–Trinajstić information content (AvgIpc) is 2.81. The summed E-state index contributed by atoms with van der Waals surface area (Å²) >= 11 is 0. The topological polar surface area (TPSA) is 85.6 Å². The van der Waals surface area contributed by atoms with Gasteiger partial charge in [-0.1, -0.05) is 30.3 Å². The lowest BCUT2D eigenvalue weighted by Crippen LogP contribution is -2.35. The van der Waals surface area contributed by atoms with E-state index in [4.69, 9.17) is 0 Å². The minimum atomic E-state index is -0.521. The van der Waals surface area contributed by atoms with Crippen molar-refractivity contribution in [2.24, 2.45) is 5.92 Å². The summed E-state index contributed by atoms with van der Waals surface area (Å²) in [7, 11) is 1.52. The van der Waals surface area contributed by atoms with Crippen molar-refractivity contribution in [3.05, 3.63) is 76.7 Å². The number of ether oxygens (including phenoxy) is 1. The van der Waals surface area contributed by atoms with Crippen LogP contribution in [0.3, 0.4) is 0 Å². The van der Waals surface area contributed by atoms with Gasteiger partial charge in [0, 0.05) is 25.2 Å². The van der Waals surface area contributed by atoms with Crippen molar-refractivity contribution in [2.75, 3.05) is 25.1 Å². The van der Waals surface area contributed by atoms with Crippen molar-refractivity contribution in [1.82, 2.24) is 5.48 Å². The Kier molecular flexibility index (Phi) is 7.95. The molecule has 0 aromatic heterocycles. The number of aliphatic hydroxyl groups excluding tert-OH is 1. The first-order valence-electron chi connectivity index (χ1n) is 10.9. The van der Waals surface area contributed by atoms with E-state index in [1.165, 1.54) is 24.7 Å². The van der Waals surface area contributed by atoms with Crippen LogP contribution in [0.25, 0.3) is 0 Å². The first kappa shape index (κ1) is 22.7. The molecule has 0 spiro atoms. The quantitative estimate of drug-likeness (QED) is 0.258. The highest BCUT2D eigenvalue weighted by Gasteiger charge is 2.23. The van der Waals surface area contributed by atoms with Crippen molar-refractivity contribution >= 4 is 11.6 Å². The number of hydrogen-bond acceptors (Lipinski definition) is 4. The third-order valence-electron chi connectivity index (χ3n) is 6.19. The van der Waals surface area contributed by atoms with Gasteiger partial charge in [0.1, 0.15) is 7.11 Å².